The van der Waals surface area contributed by atoms with Crippen LogP contribution in [0.5, 0.6) is 0 Å². The Kier molecular flexibility index (Phi) is 1.57. The fourth-order valence-electron chi connectivity index (χ4n) is 3.49. The maximum Gasteiger partial charge on any atom is 0.0480 e. The molecule has 1 aromatic heterocycles. The molecule has 2 aliphatic rings. The number of nitrogens with two attached hydrogens (primary N) is 1. The van der Waals surface area contributed by atoms with Crippen LogP contribution in [0.4, 0.5) is 0 Å². The molecule has 2 saturated carbocycles. The Labute approximate surface area is 101 Å². The van der Waals surface area contributed by atoms with Gasteiger partial charge >= 0.3 is 0 Å². The zero-order chi connectivity index (χ0) is 11.7. The van der Waals surface area contributed by atoms with E-state index < -0.39 is 0 Å². The van der Waals surface area contributed by atoms with Gasteiger partial charge in [-0.15, -0.1) is 0 Å². The molecule has 2 fully saturated rings. The van der Waals surface area contributed by atoms with Crippen LogP contribution in [0.1, 0.15) is 31.2 Å². The number of hydrogen-bond donors (Lipinski definition) is 1. The van der Waals surface area contributed by atoms with Crippen LogP contribution in [-0.2, 0) is 12.5 Å². The zero-order valence-electron chi connectivity index (χ0n) is 10.2. The Balaban J connectivity index is 1.97. The predicted molar refractivity (Wildman–Crippen MR) is 70.0 cm³/mol. The van der Waals surface area contributed by atoms with E-state index >= 15 is 0 Å². The van der Waals surface area contributed by atoms with E-state index in [2.05, 4.69) is 42.1 Å². The average molecular weight is 226 g/mol. The number of aromatic nitrogens is 1. The molecule has 2 N–H and O–H groups in total. The standard InChI is InChI=1S/C15H18N2/c1-17-10-5-11-12(3-2-4-13(11)17)14(6-7-14)15(16)8-9-15/h2-5,10H,6-9,16H2,1H3. The summed E-state index contributed by atoms with van der Waals surface area (Å²) in [6.07, 6.45) is 7.11. The van der Waals surface area contributed by atoms with Crippen molar-refractivity contribution in [3.05, 3.63) is 36.0 Å². The van der Waals surface area contributed by atoms with Crippen LogP contribution in [0.15, 0.2) is 30.5 Å². The number of hydrogen-bond acceptors (Lipinski definition) is 1. The number of benzene rings is 1. The van der Waals surface area contributed by atoms with E-state index in [0.717, 1.165) is 0 Å². The van der Waals surface area contributed by atoms with Crippen LogP contribution in [-0.4, -0.2) is 10.1 Å². The van der Waals surface area contributed by atoms with Crippen LogP contribution in [0, 0.1) is 0 Å². The lowest BCUT2D eigenvalue weighted by molar-refractivity contribution is 0.506. The minimum absolute atomic E-state index is 0.108. The topological polar surface area (TPSA) is 30.9 Å². The molecule has 88 valence electrons. The maximum absolute atomic E-state index is 6.51. The van der Waals surface area contributed by atoms with Crippen molar-refractivity contribution >= 4 is 10.9 Å². The summed E-state index contributed by atoms with van der Waals surface area (Å²) in [5, 5.41) is 1.41. The fraction of sp³-hybridized carbons (Fsp3) is 0.467. The third-order valence-corrected chi connectivity index (χ3v) is 4.94. The lowest BCUT2D eigenvalue weighted by Gasteiger charge is -2.24. The lowest BCUT2D eigenvalue weighted by atomic mass is 9.84. The van der Waals surface area contributed by atoms with E-state index in [4.69, 9.17) is 5.73 Å². The highest BCUT2D eigenvalue weighted by Crippen LogP contribution is 2.64. The Bertz CT molecular complexity index is 600. The molecule has 0 atom stereocenters. The quantitative estimate of drug-likeness (QED) is 0.838. The molecule has 2 aliphatic carbocycles. The molecular formula is C15H18N2. The maximum atomic E-state index is 6.51. The number of rotatable bonds is 2. The monoisotopic (exact) mass is 226 g/mol. The first-order valence-corrected chi connectivity index (χ1v) is 6.50. The Morgan fingerprint density at radius 3 is 2.53 bits per heavy atom. The summed E-state index contributed by atoms with van der Waals surface area (Å²) in [6.45, 7) is 0. The SMILES string of the molecule is Cn1ccc2c(C3(C4(N)CC4)CC3)cccc21. The predicted octanol–water partition coefficient (Wildman–Crippen LogP) is 2.70. The normalized spacial score (nSPS) is 23.9. The second-order valence-electron chi connectivity index (χ2n) is 5.90. The molecule has 0 bridgehead atoms. The third kappa shape index (κ3) is 1.09. The molecule has 0 unspecified atom stereocenters. The first-order valence-electron chi connectivity index (χ1n) is 6.50. The summed E-state index contributed by atoms with van der Waals surface area (Å²) in [6, 6.07) is 8.92. The van der Waals surface area contributed by atoms with Gasteiger partial charge in [0.25, 0.3) is 0 Å². The zero-order valence-corrected chi connectivity index (χ0v) is 10.2. The summed E-state index contributed by atoms with van der Waals surface area (Å²) in [5.41, 5.74) is 9.75. The molecule has 2 aromatic rings. The lowest BCUT2D eigenvalue weighted by Crippen LogP contribution is -2.37. The molecule has 2 heteroatoms. The molecule has 4 rings (SSSR count). The molecule has 2 nitrogen and oxygen atoms in total. The summed E-state index contributed by atoms with van der Waals surface area (Å²) >= 11 is 0. The molecule has 0 radical (unpaired) electrons. The molecule has 0 amide bonds. The number of nitrogens with zero attached hydrogens (tertiary/aromatic N) is 1. The van der Waals surface area contributed by atoms with Crippen LogP contribution in [0.3, 0.4) is 0 Å². The van der Waals surface area contributed by atoms with Crippen molar-refractivity contribution in [2.45, 2.75) is 36.6 Å². The number of aryl methyl sites for hydroxylation is 1. The van der Waals surface area contributed by atoms with Gasteiger partial charge in [0.2, 0.25) is 0 Å². The molecule has 1 aromatic carbocycles. The first-order chi connectivity index (χ1) is 8.16. The van der Waals surface area contributed by atoms with Gasteiger partial charge in [-0.25, -0.2) is 0 Å². The van der Waals surface area contributed by atoms with E-state index in [9.17, 15) is 0 Å². The van der Waals surface area contributed by atoms with Crippen LogP contribution in [0.25, 0.3) is 10.9 Å². The molecule has 0 aliphatic heterocycles. The van der Waals surface area contributed by atoms with Crippen molar-refractivity contribution in [3.8, 4) is 0 Å². The Hall–Kier alpha value is -1.28. The van der Waals surface area contributed by atoms with Gasteiger partial charge in [-0.1, -0.05) is 12.1 Å². The van der Waals surface area contributed by atoms with Crippen molar-refractivity contribution in [3.63, 3.8) is 0 Å². The minimum atomic E-state index is 0.108. The van der Waals surface area contributed by atoms with Crippen molar-refractivity contribution in [1.29, 1.82) is 0 Å². The number of fused-ring (bicyclic) bond motifs is 1. The second kappa shape index (κ2) is 2.75. The van der Waals surface area contributed by atoms with Crippen molar-refractivity contribution in [1.82, 2.24) is 4.57 Å². The molecule has 0 spiro atoms. The molecule has 17 heavy (non-hydrogen) atoms. The largest absolute Gasteiger partial charge is 0.351 e. The van der Waals surface area contributed by atoms with Gasteiger partial charge in [0.1, 0.15) is 0 Å². The van der Waals surface area contributed by atoms with Gasteiger partial charge in [0, 0.05) is 35.1 Å². The van der Waals surface area contributed by atoms with Crippen molar-refractivity contribution < 1.29 is 0 Å². The van der Waals surface area contributed by atoms with Crippen molar-refractivity contribution in [2.75, 3.05) is 0 Å². The van der Waals surface area contributed by atoms with Crippen molar-refractivity contribution in [2.24, 2.45) is 12.8 Å². The molecule has 1 heterocycles. The van der Waals surface area contributed by atoms with E-state index in [0.29, 0.717) is 5.41 Å². The summed E-state index contributed by atoms with van der Waals surface area (Å²) in [5.74, 6) is 0. The van der Waals surface area contributed by atoms with Gasteiger partial charge < -0.3 is 10.3 Å². The van der Waals surface area contributed by atoms with E-state index in [1.807, 2.05) is 0 Å². The molecule has 0 saturated heterocycles. The van der Waals surface area contributed by atoms with Gasteiger partial charge in [-0.2, -0.15) is 0 Å². The Morgan fingerprint density at radius 2 is 1.88 bits per heavy atom. The van der Waals surface area contributed by atoms with Gasteiger partial charge in [0.15, 0.2) is 0 Å². The average Bonchev–Trinajstić information content (AvgIpc) is 3.22. The van der Waals surface area contributed by atoms with Gasteiger partial charge in [0.05, 0.1) is 0 Å². The Morgan fingerprint density at radius 1 is 1.12 bits per heavy atom. The minimum Gasteiger partial charge on any atom is -0.351 e. The third-order valence-electron chi connectivity index (χ3n) is 4.94. The van der Waals surface area contributed by atoms with E-state index in [-0.39, 0.29) is 5.54 Å². The van der Waals surface area contributed by atoms with E-state index in [1.54, 1.807) is 0 Å². The summed E-state index contributed by atoms with van der Waals surface area (Å²) in [4.78, 5) is 0. The van der Waals surface area contributed by atoms with Crippen LogP contribution < -0.4 is 5.73 Å². The fourth-order valence-corrected chi connectivity index (χ4v) is 3.49. The van der Waals surface area contributed by atoms with E-state index in [1.165, 1.54) is 42.1 Å². The highest BCUT2D eigenvalue weighted by molar-refractivity contribution is 5.85. The molecular weight excluding hydrogens is 208 g/mol. The highest BCUT2D eigenvalue weighted by atomic mass is 14.9. The second-order valence-corrected chi connectivity index (χ2v) is 5.90. The first kappa shape index (κ1) is 9.72. The van der Waals surface area contributed by atoms with Crippen LogP contribution >= 0.6 is 0 Å². The summed E-state index contributed by atoms with van der Waals surface area (Å²) in [7, 11) is 2.11. The highest BCUT2D eigenvalue weighted by Gasteiger charge is 2.64. The van der Waals surface area contributed by atoms with Crippen LogP contribution in [0.2, 0.25) is 0 Å². The summed E-state index contributed by atoms with van der Waals surface area (Å²) < 4.78 is 2.20. The van der Waals surface area contributed by atoms with Gasteiger partial charge in [-0.05, 0) is 43.4 Å². The smallest absolute Gasteiger partial charge is 0.0480 e. The van der Waals surface area contributed by atoms with Gasteiger partial charge in [-0.3, -0.25) is 0 Å².